The molecule has 4 heteroatoms. The zero-order valence-corrected chi connectivity index (χ0v) is 4.07. The quantitative estimate of drug-likeness (QED) is 0.416. The highest BCUT2D eigenvalue weighted by Gasteiger charge is 1.96. The average Bonchev–Trinajstić information content (AvgIpc) is 1.85. The van der Waals surface area contributed by atoms with Crippen LogP contribution in [0.15, 0.2) is 12.4 Å². The second-order valence-electron chi connectivity index (χ2n) is 1.48. The molecule has 44 valence electrons. The van der Waals surface area contributed by atoms with Crippen molar-refractivity contribution >= 4 is 5.69 Å². The van der Waals surface area contributed by atoms with Gasteiger partial charge in [0.2, 0.25) is 0 Å². The summed E-state index contributed by atoms with van der Waals surface area (Å²) in [5.41, 5.74) is 5.28. The molecular formula is C4H6N2O2. The SMILES string of the molecule is Nc1cn(O)cc1O. The van der Waals surface area contributed by atoms with E-state index in [0.717, 1.165) is 6.20 Å². The Balaban J connectivity index is 3.14. The van der Waals surface area contributed by atoms with Crippen molar-refractivity contribution in [3.8, 4) is 5.75 Å². The number of aromatic nitrogens is 1. The van der Waals surface area contributed by atoms with Crippen LogP contribution in [0.4, 0.5) is 5.69 Å². The van der Waals surface area contributed by atoms with Crippen molar-refractivity contribution < 1.29 is 10.3 Å². The number of aromatic hydroxyl groups is 1. The molecule has 0 unspecified atom stereocenters. The Bertz CT molecular complexity index is 174. The Morgan fingerprint density at radius 2 is 2.12 bits per heavy atom. The maximum absolute atomic E-state index is 8.63. The summed E-state index contributed by atoms with van der Waals surface area (Å²) in [4.78, 5) is 0. The third-order valence-electron chi connectivity index (χ3n) is 0.822. The van der Waals surface area contributed by atoms with Crippen molar-refractivity contribution in [1.29, 1.82) is 0 Å². The molecule has 0 saturated heterocycles. The molecule has 8 heavy (non-hydrogen) atoms. The first-order chi connectivity index (χ1) is 3.70. The van der Waals surface area contributed by atoms with Gasteiger partial charge in [0.15, 0.2) is 5.75 Å². The van der Waals surface area contributed by atoms with E-state index in [-0.39, 0.29) is 11.4 Å². The van der Waals surface area contributed by atoms with Crippen LogP contribution in [-0.2, 0) is 0 Å². The van der Waals surface area contributed by atoms with Crippen LogP contribution in [0.25, 0.3) is 0 Å². The highest BCUT2D eigenvalue weighted by molar-refractivity contribution is 5.49. The third-order valence-corrected chi connectivity index (χ3v) is 0.822. The molecule has 0 radical (unpaired) electrons. The Labute approximate surface area is 45.7 Å². The molecule has 0 spiro atoms. The monoisotopic (exact) mass is 114 g/mol. The van der Waals surface area contributed by atoms with Gasteiger partial charge in [-0.25, -0.2) is 0 Å². The first-order valence-electron chi connectivity index (χ1n) is 2.06. The summed E-state index contributed by atoms with van der Waals surface area (Å²) in [6.07, 6.45) is 2.31. The molecular weight excluding hydrogens is 108 g/mol. The van der Waals surface area contributed by atoms with Gasteiger partial charge in [0.25, 0.3) is 0 Å². The minimum atomic E-state index is -0.104. The van der Waals surface area contributed by atoms with Gasteiger partial charge in [0.1, 0.15) is 0 Å². The molecule has 0 aliphatic rings. The zero-order valence-electron chi connectivity index (χ0n) is 4.07. The summed E-state index contributed by atoms with van der Waals surface area (Å²) >= 11 is 0. The van der Waals surface area contributed by atoms with Crippen molar-refractivity contribution in [1.82, 2.24) is 4.73 Å². The van der Waals surface area contributed by atoms with Crippen molar-refractivity contribution in [2.75, 3.05) is 5.73 Å². The van der Waals surface area contributed by atoms with E-state index in [1.54, 1.807) is 0 Å². The van der Waals surface area contributed by atoms with E-state index >= 15 is 0 Å². The van der Waals surface area contributed by atoms with E-state index in [1.165, 1.54) is 6.20 Å². The maximum Gasteiger partial charge on any atom is 0.159 e. The maximum atomic E-state index is 8.63. The number of nitrogens with two attached hydrogens (primary N) is 1. The summed E-state index contributed by atoms with van der Waals surface area (Å²) in [5, 5.41) is 17.1. The van der Waals surface area contributed by atoms with E-state index in [2.05, 4.69) is 0 Å². The Morgan fingerprint density at radius 3 is 2.25 bits per heavy atom. The predicted molar refractivity (Wildman–Crippen MR) is 27.7 cm³/mol. The number of hydrogen-bond acceptors (Lipinski definition) is 3. The van der Waals surface area contributed by atoms with Gasteiger partial charge in [0, 0.05) is 0 Å². The lowest BCUT2D eigenvalue weighted by atomic mass is 10.5. The molecule has 1 aromatic heterocycles. The van der Waals surface area contributed by atoms with Gasteiger partial charge in [-0.05, 0) is 0 Å². The number of nitrogen functional groups attached to an aromatic ring is 1. The first-order valence-corrected chi connectivity index (χ1v) is 2.06. The molecule has 0 bridgehead atoms. The van der Waals surface area contributed by atoms with Gasteiger partial charge in [-0.15, -0.1) is 0 Å². The lowest BCUT2D eigenvalue weighted by Crippen LogP contribution is -1.82. The fourth-order valence-corrected chi connectivity index (χ4v) is 0.446. The predicted octanol–water partition coefficient (Wildman–Crippen LogP) is 0.0132. The van der Waals surface area contributed by atoms with Crippen LogP contribution in [0.3, 0.4) is 0 Å². The number of rotatable bonds is 0. The number of anilines is 1. The van der Waals surface area contributed by atoms with Crippen LogP contribution in [-0.4, -0.2) is 15.0 Å². The van der Waals surface area contributed by atoms with Gasteiger partial charge in [-0.2, -0.15) is 4.73 Å². The Hall–Kier alpha value is -1.32. The van der Waals surface area contributed by atoms with Crippen LogP contribution in [0.2, 0.25) is 0 Å². The van der Waals surface area contributed by atoms with E-state index in [1.807, 2.05) is 0 Å². The van der Waals surface area contributed by atoms with Gasteiger partial charge in [-0.1, -0.05) is 0 Å². The smallest absolute Gasteiger partial charge is 0.159 e. The number of hydrogen-bond donors (Lipinski definition) is 3. The third kappa shape index (κ3) is 0.556. The molecule has 4 N–H and O–H groups in total. The minimum absolute atomic E-state index is 0.104. The van der Waals surface area contributed by atoms with Gasteiger partial charge < -0.3 is 16.0 Å². The van der Waals surface area contributed by atoms with Gasteiger partial charge in [-0.3, -0.25) is 0 Å². The number of nitrogens with zero attached hydrogens (tertiary/aromatic N) is 1. The van der Waals surface area contributed by atoms with E-state index in [9.17, 15) is 0 Å². The fourth-order valence-electron chi connectivity index (χ4n) is 0.446. The summed E-state index contributed by atoms with van der Waals surface area (Å²) in [6.45, 7) is 0. The van der Waals surface area contributed by atoms with Crippen LogP contribution in [0, 0.1) is 0 Å². The van der Waals surface area contributed by atoms with Gasteiger partial charge in [0.05, 0.1) is 18.1 Å². The average molecular weight is 114 g/mol. The summed E-state index contributed by atoms with van der Waals surface area (Å²) in [7, 11) is 0. The summed E-state index contributed by atoms with van der Waals surface area (Å²) in [5.74, 6) is -0.104. The molecule has 0 amide bonds. The van der Waals surface area contributed by atoms with Crippen molar-refractivity contribution in [2.24, 2.45) is 0 Å². The first kappa shape index (κ1) is 4.83. The Morgan fingerprint density at radius 1 is 1.50 bits per heavy atom. The second kappa shape index (κ2) is 1.33. The minimum Gasteiger partial charge on any atom is -0.504 e. The molecule has 1 aromatic rings. The van der Waals surface area contributed by atoms with Crippen molar-refractivity contribution in [3.63, 3.8) is 0 Å². The molecule has 0 saturated carbocycles. The highest BCUT2D eigenvalue weighted by atomic mass is 16.5. The molecule has 0 aliphatic carbocycles. The molecule has 0 fully saturated rings. The van der Waals surface area contributed by atoms with Crippen LogP contribution < -0.4 is 5.73 Å². The van der Waals surface area contributed by atoms with E-state index in [0.29, 0.717) is 4.73 Å². The largest absolute Gasteiger partial charge is 0.504 e. The molecule has 1 heterocycles. The van der Waals surface area contributed by atoms with Crippen LogP contribution >= 0.6 is 0 Å². The summed E-state index contributed by atoms with van der Waals surface area (Å²) < 4.78 is 0.699. The van der Waals surface area contributed by atoms with Crippen molar-refractivity contribution in [3.05, 3.63) is 12.4 Å². The standard InChI is InChI=1S/C4H6N2O2/c5-3-1-6(8)2-4(3)7/h1-2,7-8H,5H2. The zero-order chi connectivity index (χ0) is 6.15. The van der Waals surface area contributed by atoms with E-state index < -0.39 is 0 Å². The molecule has 0 atom stereocenters. The molecule has 4 nitrogen and oxygen atoms in total. The highest BCUT2D eigenvalue weighted by Crippen LogP contribution is 2.17. The van der Waals surface area contributed by atoms with Crippen molar-refractivity contribution in [2.45, 2.75) is 0 Å². The summed E-state index contributed by atoms with van der Waals surface area (Å²) in [6, 6.07) is 0. The van der Waals surface area contributed by atoms with Crippen LogP contribution in [0.1, 0.15) is 0 Å². The topological polar surface area (TPSA) is 71.4 Å². The molecule has 0 aliphatic heterocycles. The van der Waals surface area contributed by atoms with Crippen LogP contribution in [0.5, 0.6) is 5.75 Å². The van der Waals surface area contributed by atoms with Gasteiger partial charge >= 0.3 is 0 Å². The normalized spacial score (nSPS) is 9.50. The molecule has 1 rings (SSSR count). The second-order valence-corrected chi connectivity index (χ2v) is 1.48. The fraction of sp³-hybridized carbons (Fsp3) is 0. The van der Waals surface area contributed by atoms with E-state index in [4.69, 9.17) is 16.0 Å². The Kier molecular flexibility index (Phi) is 0.802. The lowest BCUT2D eigenvalue weighted by Gasteiger charge is -1.79. The lowest BCUT2D eigenvalue weighted by molar-refractivity contribution is 0.186. The molecule has 0 aromatic carbocycles.